The highest BCUT2D eigenvalue weighted by molar-refractivity contribution is 5.88. The topological polar surface area (TPSA) is 91.4 Å². The molecule has 0 fully saturated rings. The second-order valence-electron chi connectivity index (χ2n) is 5.83. The molecule has 3 N–H and O–H groups in total. The van der Waals surface area contributed by atoms with Gasteiger partial charge in [0, 0.05) is 30.1 Å². The molecule has 0 saturated carbocycles. The van der Waals surface area contributed by atoms with E-state index in [1.807, 2.05) is 31.2 Å². The Bertz CT molecular complexity index is 695. The lowest BCUT2D eigenvalue weighted by Crippen LogP contribution is -2.46. The fourth-order valence-electron chi connectivity index (χ4n) is 2.49. The zero-order valence-electron chi connectivity index (χ0n) is 14.0. The number of aromatic nitrogens is 1. The molecule has 2 aromatic rings. The van der Waals surface area contributed by atoms with Crippen molar-refractivity contribution in [2.75, 3.05) is 6.61 Å². The number of carboxylic acid groups (broad SMARTS) is 1. The molecule has 1 amide bonds. The molecular weight excluding hydrogens is 308 g/mol. The van der Waals surface area contributed by atoms with E-state index in [0.29, 0.717) is 6.61 Å². The first-order chi connectivity index (χ1) is 11.5. The summed E-state index contributed by atoms with van der Waals surface area (Å²) in [5, 5.41) is 13.0. The number of amides is 1. The van der Waals surface area contributed by atoms with Gasteiger partial charge in [-0.05, 0) is 25.0 Å². The van der Waals surface area contributed by atoms with E-state index in [-0.39, 0.29) is 6.42 Å². The number of carbonyl (C=O) groups excluding carboxylic acids is 1. The minimum atomic E-state index is -1.06. The molecule has 0 unspecified atom stereocenters. The predicted molar refractivity (Wildman–Crippen MR) is 91.9 cm³/mol. The molecule has 2 rings (SSSR count). The molecule has 0 spiro atoms. The number of H-pyrrole nitrogens is 1. The monoisotopic (exact) mass is 332 g/mol. The van der Waals surface area contributed by atoms with E-state index in [1.54, 1.807) is 13.1 Å². The molecule has 1 aromatic carbocycles. The summed E-state index contributed by atoms with van der Waals surface area (Å²) in [5.41, 5.74) is 1.80. The highest BCUT2D eigenvalue weighted by Crippen LogP contribution is 2.19. The van der Waals surface area contributed by atoms with Crippen molar-refractivity contribution in [1.82, 2.24) is 10.3 Å². The summed E-state index contributed by atoms with van der Waals surface area (Å²) in [6.45, 7) is 4.16. The van der Waals surface area contributed by atoms with Gasteiger partial charge in [0.25, 0.3) is 0 Å². The third-order valence-electron chi connectivity index (χ3n) is 3.95. The number of fused-ring (bicyclic) bond motifs is 1. The number of aliphatic carboxylic acids is 1. The molecule has 0 bridgehead atoms. The summed E-state index contributed by atoms with van der Waals surface area (Å²) in [6, 6.07) is 6.68. The van der Waals surface area contributed by atoms with Crippen molar-refractivity contribution in [3.05, 3.63) is 36.0 Å². The van der Waals surface area contributed by atoms with Crippen LogP contribution in [0.1, 0.15) is 32.3 Å². The van der Waals surface area contributed by atoms with Gasteiger partial charge in [0.2, 0.25) is 5.91 Å². The maximum atomic E-state index is 12.1. The number of nitrogens with one attached hydrogen (secondary N) is 2. The SMILES string of the molecule is CCCCO[C@H](C)C(=O)N[C@H](Cc1c[nH]c2ccccc12)C(=O)O. The summed E-state index contributed by atoms with van der Waals surface area (Å²) < 4.78 is 5.42. The quantitative estimate of drug-likeness (QED) is 0.615. The lowest BCUT2D eigenvalue weighted by atomic mass is 10.0. The number of carbonyl (C=O) groups is 2. The van der Waals surface area contributed by atoms with E-state index in [9.17, 15) is 14.7 Å². The van der Waals surface area contributed by atoms with Gasteiger partial charge in [0.15, 0.2) is 0 Å². The van der Waals surface area contributed by atoms with Crippen molar-refractivity contribution < 1.29 is 19.4 Å². The summed E-state index contributed by atoms with van der Waals surface area (Å²) in [4.78, 5) is 26.8. The van der Waals surface area contributed by atoms with E-state index in [0.717, 1.165) is 29.3 Å². The Morgan fingerprint density at radius 2 is 2.08 bits per heavy atom. The van der Waals surface area contributed by atoms with Crippen LogP contribution in [0.25, 0.3) is 10.9 Å². The van der Waals surface area contributed by atoms with Crippen LogP contribution in [0, 0.1) is 0 Å². The molecule has 0 aliphatic rings. The van der Waals surface area contributed by atoms with Crippen LogP contribution in [0.15, 0.2) is 30.5 Å². The van der Waals surface area contributed by atoms with Crippen molar-refractivity contribution in [2.24, 2.45) is 0 Å². The summed E-state index contributed by atoms with van der Waals surface area (Å²) in [5.74, 6) is -1.47. The van der Waals surface area contributed by atoms with Gasteiger partial charge in [-0.15, -0.1) is 0 Å². The van der Waals surface area contributed by atoms with Crippen LogP contribution in [0.3, 0.4) is 0 Å². The number of unbranched alkanes of at least 4 members (excludes halogenated alkanes) is 1. The van der Waals surface area contributed by atoms with Gasteiger partial charge in [-0.1, -0.05) is 31.5 Å². The largest absolute Gasteiger partial charge is 0.480 e. The third-order valence-corrected chi connectivity index (χ3v) is 3.95. The van der Waals surface area contributed by atoms with Gasteiger partial charge in [-0.2, -0.15) is 0 Å². The second kappa shape index (κ2) is 8.49. The van der Waals surface area contributed by atoms with Gasteiger partial charge in [-0.25, -0.2) is 4.79 Å². The summed E-state index contributed by atoms with van der Waals surface area (Å²) >= 11 is 0. The van der Waals surface area contributed by atoms with Crippen molar-refractivity contribution in [3.63, 3.8) is 0 Å². The molecule has 1 heterocycles. The molecule has 0 saturated heterocycles. The Balaban J connectivity index is 2.02. The van der Waals surface area contributed by atoms with Crippen LogP contribution >= 0.6 is 0 Å². The Hall–Kier alpha value is -2.34. The lowest BCUT2D eigenvalue weighted by Gasteiger charge is -2.18. The van der Waals surface area contributed by atoms with Crippen molar-refractivity contribution >= 4 is 22.8 Å². The number of rotatable bonds is 9. The van der Waals surface area contributed by atoms with Gasteiger partial charge < -0.3 is 20.1 Å². The number of hydrogen-bond acceptors (Lipinski definition) is 3. The minimum absolute atomic E-state index is 0.215. The fourth-order valence-corrected chi connectivity index (χ4v) is 2.49. The van der Waals surface area contributed by atoms with E-state index in [1.165, 1.54) is 0 Å². The average Bonchev–Trinajstić information content (AvgIpc) is 2.97. The van der Waals surface area contributed by atoms with E-state index in [4.69, 9.17) is 4.74 Å². The van der Waals surface area contributed by atoms with E-state index >= 15 is 0 Å². The molecule has 0 aliphatic carbocycles. The first kappa shape index (κ1) is 18.0. The number of hydrogen-bond donors (Lipinski definition) is 3. The van der Waals surface area contributed by atoms with Crippen LogP contribution in [0.5, 0.6) is 0 Å². The minimum Gasteiger partial charge on any atom is -0.480 e. The lowest BCUT2D eigenvalue weighted by molar-refractivity contribution is -0.144. The van der Waals surface area contributed by atoms with Crippen LogP contribution in [0.4, 0.5) is 0 Å². The normalized spacial score (nSPS) is 13.6. The first-order valence-electron chi connectivity index (χ1n) is 8.22. The van der Waals surface area contributed by atoms with Crippen LogP contribution < -0.4 is 5.32 Å². The van der Waals surface area contributed by atoms with Crippen molar-refractivity contribution in [1.29, 1.82) is 0 Å². The highest BCUT2D eigenvalue weighted by atomic mass is 16.5. The molecule has 130 valence electrons. The Kier molecular flexibility index (Phi) is 6.37. The number of para-hydroxylation sites is 1. The van der Waals surface area contributed by atoms with Gasteiger partial charge in [0.1, 0.15) is 12.1 Å². The maximum Gasteiger partial charge on any atom is 0.326 e. The molecule has 0 aliphatic heterocycles. The van der Waals surface area contributed by atoms with Crippen molar-refractivity contribution in [3.8, 4) is 0 Å². The number of ether oxygens (including phenoxy) is 1. The summed E-state index contributed by atoms with van der Waals surface area (Å²) in [7, 11) is 0. The molecule has 24 heavy (non-hydrogen) atoms. The van der Waals surface area contributed by atoms with E-state index < -0.39 is 24.0 Å². The van der Waals surface area contributed by atoms with Crippen LogP contribution in [0.2, 0.25) is 0 Å². The second-order valence-corrected chi connectivity index (χ2v) is 5.83. The molecule has 2 atom stereocenters. The van der Waals surface area contributed by atoms with Gasteiger partial charge in [0.05, 0.1) is 0 Å². The van der Waals surface area contributed by atoms with E-state index in [2.05, 4.69) is 10.3 Å². The van der Waals surface area contributed by atoms with Crippen LogP contribution in [-0.4, -0.2) is 40.7 Å². The molecule has 6 nitrogen and oxygen atoms in total. The first-order valence-corrected chi connectivity index (χ1v) is 8.22. The number of carboxylic acids is 1. The molecule has 0 radical (unpaired) electrons. The van der Waals surface area contributed by atoms with Crippen LogP contribution in [-0.2, 0) is 20.7 Å². The number of benzene rings is 1. The Morgan fingerprint density at radius 3 is 2.79 bits per heavy atom. The highest BCUT2D eigenvalue weighted by Gasteiger charge is 2.24. The zero-order chi connectivity index (χ0) is 17.5. The molecule has 1 aromatic heterocycles. The van der Waals surface area contributed by atoms with Gasteiger partial charge in [-0.3, -0.25) is 4.79 Å². The standard InChI is InChI=1S/C18H24N2O4/c1-3-4-9-24-12(2)17(21)20-16(18(22)23)10-13-11-19-15-8-6-5-7-14(13)15/h5-8,11-12,16,19H,3-4,9-10H2,1-2H3,(H,20,21)(H,22,23)/t12-,16-/m1/s1. The zero-order valence-corrected chi connectivity index (χ0v) is 14.0. The predicted octanol–water partition coefficient (Wildman–Crippen LogP) is 2.49. The Labute approximate surface area is 141 Å². The smallest absolute Gasteiger partial charge is 0.326 e. The number of aromatic amines is 1. The summed E-state index contributed by atoms with van der Waals surface area (Å²) in [6.07, 6.45) is 3.18. The van der Waals surface area contributed by atoms with Crippen molar-refractivity contribution in [2.45, 2.75) is 45.3 Å². The average molecular weight is 332 g/mol. The molecule has 6 heteroatoms. The fraction of sp³-hybridized carbons (Fsp3) is 0.444. The third kappa shape index (κ3) is 4.58. The Morgan fingerprint density at radius 1 is 1.33 bits per heavy atom. The van der Waals surface area contributed by atoms with Gasteiger partial charge >= 0.3 is 5.97 Å². The molecular formula is C18H24N2O4. The maximum absolute atomic E-state index is 12.1.